The first-order chi connectivity index (χ1) is 9.65. The second kappa shape index (κ2) is 9.11. The van der Waals surface area contributed by atoms with Crippen LogP contribution in [0.15, 0.2) is 30.3 Å². The molecule has 0 bridgehead atoms. The summed E-state index contributed by atoms with van der Waals surface area (Å²) in [5.74, 6) is 0. The number of nitrogens with one attached hydrogen (secondary N) is 1. The number of nitrogens with zero attached hydrogens (tertiary/aromatic N) is 1. The summed E-state index contributed by atoms with van der Waals surface area (Å²) in [5.41, 5.74) is 1.36. The molecule has 0 heterocycles. The Kier molecular flexibility index (Phi) is 7.82. The Hall–Kier alpha value is -0.900. The summed E-state index contributed by atoms with van der Waals surface area (Å²) in [6.45, 7) is 8.39. The van der Waals surface area contributed by atoms with E-state index in [9.17, 15) is 0 Å². The molecular weight excluding hydrogens is 248 g/mol. The van der Waals surface area contributed by atoms with E-state index in [0.717, 1.165) is 19.6 Å². The smallest absolute Gasteiger partial charge is 0.0615 e. The van der Waals surface area contributed by atoms with Crippen molar-refractivity contribution in [3.8, 4) is 0 Å². The summed E-state index contributed by atoms with van der Waals surface area (Å²) in [4.78, 5) is 2.43. The minimum Gasteiger partial charge on any atom is -0.383 e. The lowest BCUT2D eigenvalue weighted by Gasteiger charge is -2.38. The van der Waals surface area contributed by atoms with Crippen LogP contribution in [-0.2, 0) is 4.74 Å². The van der Waals surface area contributed by atoms with E-state index >= 15 is 0 Å². The number of hydrogen-bond acceptors (Lipinski definition) is 3. The van der Waals surface area contributed by atoms with Crippen LogP contribution in [0.1, 0.15) is 38.8 Å². The van der Waals surface area contributed by atoms with Crippen LogP contribution in [-0.4, -0.2) is 44.3 Å². The highest BCUT2D eigenvalue weighted by Crippen LogP contribution is 2.24. The van der Waals surface area contributed by atoms with Gasteiger partial charge in [0, 0.05) is 25.2 Å². The van der Waals surface area contributed by atoms with Gasteiger partial charge >= 0.3 is 0 Å². The maximum atomic E-state index is 5.30. The van der Waals surface area contributed by atoms with Crippen LogP contribution in [0.3, 0.4) is 0 Å². The molecule has 0 amide bonds. The van der Waals surface area contributed by atoms with Gasteiger partial charge in [0.15, 0.2) is 0 Å². The molecule has 0 aliphatic heterocycles. The third kappa shape index (κ3) is 4.58. The molecule has 1 rings (SSSR count). The summed E-state index contributed by atoms with van der Waals surface area (Å²) in [6, 6.07) is 12.0. The Morgan fingerprint density at radius 2 is 1.85 bits per heavy atom. The Bertz CT molecular complexity index is 355. The lowest BCUT2D eigenvalue weighted by Crippen LogP contribution is -2.47. The molecule has 0 saturated carbocycles. The zero-order valence-corrected chi connectivity index (χ0v) is 13.6. The van der Waals surface area contributed by atoms with Crippen molar-refractivity contribution in [2.75, 3.05) is 27.3 Å². The van der Waals surface area contributed by atoms with Gasteiger partial charge in [-0.15, -0.1) is 0 Å². The topological polar surface area (TPSA) is 24.5 Å². The molecule has 3 unspecified atom stereocenters. The zero-order chi connectivity index (χ0) is 15.0. The third-order valence-electron chi connectivity index (χ3n) is 4.01. The monoisotopic (exact) mass is 278 g/mol. The average Bonchev–Trinajstić information content (AvgIpc) is 2.48. The van der Waals surface area contributed by atoms with E-state index < -0.39 is 0 Å². The second-order valence-electron chi connectivity index (χ2n) is 5.39. The molecule has 0 aliphatic rings. The summed E-state index contributed by atoms with van der Waals surface area (Å²) in [7, 11) is 3.97. The molecule has 3 heteroatoms. The second-order valence-corrected chi connectivity index (χ2v) is 5.39. The molecule has 114 valence electrons. The molecule has 0 saturated heterocycles. The highest BCUT2D eigenvalue weighted by molar-refractivity contribution is 5.20. The fourth-order valence-electron chi connectivity index (χ4n) is 2.80. The quantitative estimate of drug-likeness (QED) is 0.751. The van der Waals surface area contributed by atoms with Crippen LogP contribution >= 0.6 is 0 Å². The van der Waals surface area contributed by atoms with Gasteiger partial charge in [0.1, 0.15) is 0 Å². The van der Waals surface area contributed by atoms with Crippen molar-refractivity contribution in [2.45, 2.75) is 45.3 Å². The van der Waals surface area contributed by atoms with Gasteiger partial charge in [0.05, 0.1) is 6.61 Å². The van der Waals surface area contributed by atoms with E-state index in [-0.39, 0.29) is 0 Å². The van der Waals surface area contributed by atoms with Gasteiger partial charge in [-0.1, -0.05) is 44.2 Å². The van der Waals surface area contributed by atoms with E-state index in [1.54, 1.807) is 7.11 Å². The fourth-order valence-corrected chi connectivity index (χ4v) is 2.80. The van der Waals surface area contributed by atoms with Gasteiger partial charge in [-0.2, -0.15) is 0 Å². The van der Waals surface area contributed by atoms with Gasteiger partial charge < -0.3 is 10.1 Å². The van der Waals surface area contributed by atoms with Gasteiger partial charge in [-0.05, 0) is 32.5 Å². The van der Waals surface area contributed by atoms with E-state index in [2.05, 4.69) is 68.4 Å². The van der Waals surface area contributed by atoms with E-state index in [0.29, 0.717) is 18.1 Å². The predicted molar refractivity (Wildman–Crippen MR) is 86.0 cm³/mol. The van der Waals surface area contributed by atoms with Crippen molar-refractivity contribution in [3.63, 3.8) is 0 Å². The maximum Gasteiger partial charge on any atom is 0.0615 e. The summed E-state index contributed by atoms with van der Waals surface area (Å²) in [5, 5.41) is 3.65. The van der Waals surface area contributed by atoms with E-state index in [1.807, 2.05) is 0 Å². The lowest BCUT2D eigenvalue weighted by atomic mass is 9.95. The largest absolute Gasteiger partial charge is 0.383 e. The SMILES string of the molecule is CCNC(c1ccccc1)C(CC)N(C)C(C)COC. The summed E-state index contributed by atoms with van der Waals surface area (Å²) in [6.07, 6.45) is 1.11. The molecule has 0 spiro atoms. The Morgan fingerprint density at radius 3 is 2.35 bits per heavy atom. The van der Waals surface area contributed by atoms with Crippen molar-refractivity contribution < 1.29 is 4.74 Å². The van der Waals surface area contributed by atoms with Gasteiger partial charge in [0.25, 0.3) is 0 Å². The molecule has 20 heavy (non-hydrogen) atoms. The molecule has 0 aromatic heterocycles. The number of benzene rings is 1. The van der Waals surface area contributed by atoms with Crippen LogP contribution in [0.4, 0.5) is 0 Å². The number of methoxy groups -OCH3 is 1. The first-order valence-corrected chi connectivity index (χ1v) is 7.64. The fraction of sp³-hybridized carbons (Fsp3) is 0.647. The number of rotatable bonds is 9. The van der Waals surface area contributed by atoms with Crippen LogP contribution in [0.5, 0.6) is 0 Å². The first-order valence-electron chi connectivity index (χ1n) is 7.64. The number of ether oxygens (including phenoxy) is 1. The Morgan fingerprint density at radius 1 is 1.20 bits per heavy atom. The van der Waals surface area contributed by atoms with Crippen molar-refractivity contribution in [3.05, 3.63) is 35.9 Å². The molecule has 0 aliphatic carbocycles. The Labute approximate surface area is 124 Å². The molecular formula is C17H30N2O. The number of hydrogen-bond donors (Lipinski definition) is 1. The highest BCUT2D eigenvalue weighted by atomic mass is 16.5. The standard InChI is InChI=1S/C17H30N2O/c1-6-16(19(4)14(3)13-20-5)17(18-7-2)15-11-9-8-10-12-15/h8-12,14,16-18H,6-7,13H2,1-5H3. The molecule has 1 aromatic carbocycles. The van der Waals surface area contributed by atoms with E-state index in [4.69, 9.17) is 4.74 Å². The van der Waals surface area contributed by atoms with Crippen LogP contribution < -0.4 is 5.32 Å². The van der Waals surface area contributed by atoms with Gasteiger partial charge in [0.2, 0.25) is 0 Å². The maximum absolute atomic E-state index is 5.30. The molecule has 3 nitrogen and oxygen atoms in total. The van der Waals surface area contributed by atoms with Crippen LogP contribution in [0.2, 0.25) is 0 Å². The molecule has 1 N–H and O–H groups in total. The third-order valence-corrected chi connectivity index (χ3v) is 4.01. The molecule has 0 radical (unpaired) electrons. The lowest BCUT2D eigenvalue weighted by molar-refractivity contribution is 0.0733. The summed E-state index contributed by atoms with van der Waals surface area (Å²) < 4.78 is 5.30. The molecule has 1 aromatic rings. The number of likely N-dealkylation sites (N-methyl/N-ethyl adjacent to an activating group) is 2. The molecule has 0 fully saturated rings. The highest BCUT2D eigenvalue weighted by Gasteiger charge is 2.27. The van der Waals surface area contributed by atoms with Crippen molar-refractivity contribution in [2.24, 2.45) is 0 Å². The minimum absolute atomic E-state index is 0.357. The first kappa shape index (κ1) is 17.2. The van der Waals surface area contributed by atoms with Gasteiger partial charge in [-0.25, -0.2) is 0 Å². The van der Waals surface area contributed by atoms with Crippen LogP contribution in [0, 0.1) is 0 Å². The average molecular weight is 278 g/mol. The summed E-state index contributed by atoms with van der Waals surface area (Å²) >= 11 is 0. The van der Waals surface area contributed by atoms with Gasteiger partial charge in [-0.3, -0.25) is 4.90 Å². The van der Waals surface area contributed by atoms with E-state index in [1.165, 1.54) is 5.56 Å². The normalized spacial score (nSPS) is 16.1. The van der Waals surface area contributed by atoms with Crippen molar-refractivity contribution in [1.29, 1.82) is 0 Å². The van der Waals surface area contributed by atoms with Crippen molar-refractivity contribution in [1.82, 2.24) is 10.2 Å². The van der Waals surface area contributed by atoms with Crippen LogP contribution in [0.25, 0.3) is 0 Å². The van der Waals surface area contributed by atoms with Crippen molar-refractivity contribution >= 4 is 0 Å². The zero-order valence-electron chi connectivity index (χ0n) is 13.6. The Balaban J connectivity index is 2.91. The minimum atomic E-state index is 0.357. The predicted octanol–water partition coefficient (Wildman–Crippen LogP) is 3.08. The molecule has 3 atom stereocenters.